The Kier molecular flexibility index (Phi) is 3.05. The second kappa shape index (κ2) is 3.87. The van der Waals surface area contributed by atoms with Gasteiger partial charge >= 0.3 is 5.97 Å². The minimum Gasteiger partial charge on any atom is -0.480 e. The summed E-state index contributed by atoms with van der Waals surface area (Å²) >= 11 is 0. The first-order chi connectivity index (χ1) is 5.62. The van der Waals surface area contributed by atoms with Gasteiger partial charge in [0.25, 0.3) is 0 Å². The quantitative estimate of drug-likeness (QED) is 0.647. The van der Waals surface area contributed by atoms with Gasteiger partial charge in [0, 0.05) is 0 Å². The zero-order valence-electron chi connectivity index (χ0n) is 6.95. The fraction of sp³-hybridized carbons (Fsp3) is 0.875. The van der Waals surface area contributed by atoms with Crippen LogP contribution in [0.3, 0.4) is 0 Å². The molecule has 1 aliphatic carbocycles. The van der Waals surface area contributed by atoms with Crippen LogP contribution in [0.25, 0.3) is 0 Å². The van der Waals surface area contributed by atoms with E-state index in [9.17, 15) is 9.90 Å². The van der Waals surface area contributed by atoms with Crippen molar-refractivity contribution in [1.82, 2.24) is 0 Å². The molecular weight excluding hydrogens is 160 g/mol. The molecule has 4 nitrogen and oxygen atoms in total. The predicted molar refractivity (Wildman–Crippen MR) is 41.9 cm³/mol. The molecule has 0 aromatic carbocycles. The van der Waals surface area contributed by atoms with E-state index in [2.05, 4.69) is 0 Å². The Labute approximate surface area is 71.2 Å². The highest BCUT2D eigenvalue weighted by Gasteiger charge is 2.31. The Morgan fingerprint density at radius 2 is 2.00 bits per heavy atom. The Morgan fingerprint density at radius 1 is 1.42 bits per heavy atom. The van der Waals surface area contributed by atoms with Gasteiger partial charge in [0.2, 0.25) is 0 Å². The molecule has 0 amide bonds. The average molecular weight is 174 g/mol. The lowest BCUT2D eigenvalue weighted by atomic mass is 10.0. The summed E-state index contributed by atoms with van der Waals surface area (Å²) in [6.45, 7) is -0.165. The van der Waals surface area contributed by atoms with Crippen LogP contribution in [0.4, 0.5) is 0 Å². The number of rotatable bonds is 4. The molecule has 1 fully saturated rings. The predicted octanol–water partition coefficient (Wildman–Crippen LogP) is 0.393. The van der Waals surface area contributed by atoms with Gasteiger partial charge in [0.1, 0.15) is 6.61 Å². The van der Waals surface area contributed by atoms with Gasteiger partial charge in [-0.05, 0) is 12.8 Å². The summed E-state index contributed by atoms with van der Waals surface area (Å²) in [6.07, 6.45) is 3.47. The van der Waals surface area contributed by atoms with E-state index < -0.39 is 11.6 Å². The zero-order valence-corrected chi connectivity index (χ0v) is 6.95. The van der Waals surface area contributed by atoms with Gasteiger partial charge in [0.15, 0.2) is 0 Å². The number of hydrogen-bond donors (Lipinski definition) is 2. The normalized spacial score (nSPS) is 21.1. The van der Waals surface area contributed by atoms with Crippen LogP contribution in [-0.2, 0) is 9.53 Å². The summed E-state index contributed by atoms with van der Waals surface area (Å²) in [4.78, 5) is 10.1. The van der Waals surface area contributed by atoms with Crippen LogP contribution < -0.4 is 0 Å². The van der Waals surface area contributed by atoms with Gasteiger partial charge in [-0.25, -0.2) is 4.79 Å². The molecule has 0 unspecified atom stereocenters. The van der Waals surface area contributed by atoms with Crippen LogP contribution in [0, 0.1) is 0 Å². The third-order valence-corrected chi connectivity index (χ3v) is 2.13. The molecule has 0 aromatic heterocycles. The van der Waals surface area contributed by atoms with Gasteiger partial charge < -0.3 is 14.9 Å². The number of aliphatic hydroxyl groups is 1. The monoisotopic (exact) mass is 174 g/mol. The lowest BCUT2D eigenvalue weighted by Crippen LogP contribution is -2.31. The van der Waals surface area contributed by atoms with E-state index >= 15 is 0 Å². The van der Waals surface area contributed by atoms with Crippen LogP contribution in [0.2, 0.25) is 0 Å². The largest absolute Gasteiger partial charge is 0.480 e. The molecule has 0 bridgehead atoms. The van der Waals surface area contributed by atoms with E-state index in [1.165, 1.54) is 0 Å². The molecule has 1 saturated carbocycles. The fourth-order valence-corrected chi connectivity index (χ4v) is 1.51. The van der Waals surface area contributed by atoms with Crippen LogP contribution in [0.5, 0.6) is 0 Å². The van der Waals surface area contributed by atoms with Gasteiger partial charge in [-0.2, -0.15) is 0 Å². The molecule has 0 atom stereocenters. The summed E-state index contributed by atoms with van der Waals surface area (Å²) in [5.74, 6) is -0.989. The number of carbonyl (C=O) groups is 1. The maximum atomic E-state index is 10.1. The van der Waals surface area contributed by atoms with Crippen molar-refractivity contribution in [2.24, 2.45) is 0 Å². The van der Waals surface area contributed by atoms with Crippen molar-refractivity contribution >= 4 is 5.97 Å². The van der Waals surface area contributed by atoms with Crippen molar-refractivity contribution in [1.29, 1.82) is 0 Å². The van der Waals surface area contributed by atoms with Gasteiger partial charge in [-0.1, -0.05) is 12.8 Å². The number of hydrogen-bond acceptors (Lipinski definition) is 3. The number of carboxylic acids is 1. The number of aliphatic carboxylic acids is 1. The lowest BCUT2D eigenvalue weighted by Gasteiger charge is -2.20. The minimum absolute atomic E-state index is 0.152. The minimum atomic E-state index is -0.989. The third-order valence-electron chi connectivity index (χ3n) is 2.13. The molecule has 1 rings (SSSR count). The SMILES string of the molecule is O=C(O)COCC1(O)CCCC1. The molecule has 0 heterocycles. The molecule has 1 aliphatic rings. The summed E-state index contributed by atoms with van der Waals surface area (Å²) in [6, 6.07) is 0. The van der Waals surface area contributed by atoms with Crippen molar-refractivity contribution in [3.63, 3.8) is 0 Å². The average Bonchev–Trinajstić information content (AvgIpc) is 2.35. The standard InChI is InChI=1S/C8H14O4/c9-7(10)5-12-6-8(11)3-1-2-4-8/h11H,1-6H2,(H,9,10). The van der Waals surface area contributed by atoms with Crippen LogP contribution in [-0.4, -0.2) is 35.0 Å². The summed E-state index contributed by atoms with van der Waals surface area (Å²) in [5.41, 5.74) is -0.755. The summed E-state index contributed by atoms with van der Waals surface area (Å²) in [7, 11) is 0. The second-order valence-corrected chi connectivity index (χ2v) is 3.32. The van der Waals surface area contributed by atoms with Crippen LogP contribution in [0.15, 0.2) is 0 Å². The highest BCUT2D eigenvalue weighted by Crippen LogP contribution is 2.29. The van der Waals surface area contributed by atoms with Crippen molar-refractivity contribution in [3.8, 4) is 0 Å². The summed E-state index contributed by atoms with van der Waals surface area (Å²) in [5, 5.41) is 18.0. The van der Waals surface area contributed by atoms with E-state index in [1.807, 2.05) is 0 Å². The fourth-order valence-electron chi connectivity index (χ4n) is 1.51. The molecule has 0 spiro atoms. The molecule has 2 N–H and O–H groups in total. The van der Waals surface area contributed by atoms with Crippen molar-refractivity contribution in [2.45, 2.75) is 31.3 Å². The Bertz CT molecular complexity index is 160. The van der Waals surface area contributed by atoms with Crippen LogP contribution in [0.1, 0.15) is 25.7 Å². The number of carboxylic acid groups (broad SMARTS) is 1. The highest BCUT2D eigenvalue weighted by molar-refractivity contribution is 5.67. The zero-order chi connectivity index (χ0) is 9.03. The first-order valence-corrected chi connectivity index (χ1v) is 4.14. The number of ether oxygens (including phenoxy) is 1. The summed E-state index contributed by atoms with van der Waals surface area (Å²) < 4.78 is 4.83. The van der Waals surface area contributed by atoms with Gasteiger partial charge in [-0.3, -0.25) is 0 Å². The Balaban J connectivity index is 2.17. The molecule has 0 aromatic rings. The van der Waals surface area contributed by atoms with Gasteiger partial charge in [0.05, 0.1) is 12.2 Å². The molecule has 0 radical (unpaired) electrons. The molecular formula is C8H14O4. The Morgan fingerprint density at radius 3 is 2.50 bits per heavy atom. The van der Waals surface area contributed by atoms with Gasteiger partial charge in [-0.15, -0.1) is 0 Å². The van der Waals surface area contributed by atoms with Crippen molar-refractivity contribution < 1.29 is 19.7 Å². The smallest absolute Gasteiger partial charge is 0.329 e. The van der Waals surface area contributed by atoms with E-state index in [1.54, 1.807) is 0 Å². The van der Waals surface area contributed by atoms with Crippen LogP contribution >= 0.6 is 0 Å². The first kappa shape index (κ1) is 9.48. The van der Waals surface area contributed by atoms with Crippen molar-refractivity contribution in [3.05, 3.63) is 0 Å². The van der Waals surface area contributed by atoms with E-state index in [0.29, 0.717) is 0 Å². The Hall–Kier alpha value is -0.610. The lowest BCUT2D eigenvalue weighted by molar-refractivity contribution is -0.145. The van der Waals surface area contributed by atoms with E-state index in [0.717, 1.165) is 25.7 Å². The molecule has 0 aliphatic heterocycles. The van der Waals surface area contributed by atoms with Crippen molar-refractivity contribution in [2.75, 3.05) is 13.2 Å². The third kappa shape index (κ3) is 2.79. The van der Waals surface area contributed by atoms with E-state index in [4.69, 9.17) is 9.84 Å². The second-order valence-electron chi connectivity index (χ2n) is 3.32. The molecule has 4 heteroatoms. The maximum Gasteiger partial charge on any atom is 0.329 e. The highest BCUT2D eigenvalue weighted by atomic mass is 16.5. The maximum absolute atomic E-state index is 10.1. The van der Waals surface area contributed by atoms with E-state index in [-0.39, 0.29) is 13.2 Å². The molecule has 12 heavy (non-hydrogen) atoms. The first-order valence-electron chi connectivity index (χ1n) is 4.14. The molecule has 0 saturated heterocycles. The molecule has 70 valence electrons. The topological polar surface area (TPSA) is 66.8 Å².